The summed E-state index contributed by atoms with van der Waals surface area (Å²) in [5.74, 6) is 0.116. The fraction of sp³-hybridized carbons (Fsp3) is 0.923. The maximum Gasteiger partial charge on any atom is 0.408 e. The number of nitrogens with two attached hydrogens (primary N) is 1. The van der Waals surface area contributed by atoms with Gasteiger partial charge in [-0.05, 0) is 40.0 Å². The molecule has 0 bridgehead atoms. The summed E-state index contributed by atoms with van der Waals surface area (Å²) >= 11 is 0. The lowest BCUT2D eigenvalue weighted by molar-refractivity contribution is 0.0460. The highest BCUT2D eigenvalue weighted by Crippen LogP contribution is 2.34. The Hall–Kier alpha value is -0.820. The van der Waals surface area contributed by atoms with Crippen molar-refractivity contribution in [1.29, 1.82) is 0 Å². The molecule has 0 spiro atoms. The lowest BCUT2D eigenvalue weighted by atomic mass is 9.98. The van der Waals surface area contributed by atoms with E-state index in [2.05, 4.69) is 5.32 Å². The lowest BCUT2D eigenvalue weighted by Gasteiger charge is -2.30. The van der Waals surface area contributed by atoms with Crippen LogP contribution in [0.4, 0.5) is 4.79 Å². The van der Waals surface area contributed by atoms with Gasteiger partial charge in [-0.2, -0.15) is 0 Å². The predicted octanol–water partition coefficient (Wildman–Crippen LogP) is 1.20. The molecule has 1 rings (SSSR count). The molecule has 1 aliphatic carbocycles. The third-order valence-corrected chi connectivity index (χ3v) is 5.85. The molecule has 6 nitrogen and oxygen atoms in total. The molecule has 3 N–H and O–H groups in total. The molecule has 0 aromatic rings. The highest BCUT2D eigenvalue weighted by molar-refractivity contribution is 7.92. The molecular weight excluding hydrogens is 280 g/mol. The topological polar surface area (TPSA) is 98.5 Å². The zero-order valence-corrected chi connectivity index (χ0v) is 13.5. The molecule has 0 unspecified atom stereocenters. The van der Waals surface area contributed by atoms with Crippen LogP contribution < -0.4 is 11.1 Å². The Labute approximate surface area is 121 Å². The molecule has 0 saturated heterocycles. The first-order valence-corrected chi connectivity index (χ1v) is 8.68. The van der Waals surface area contributed by atoms with Crippen molar-refractivity contribution in [1.82, 2.24) is 5.32 Å². The van der Waals surface area contributed by atoms with E-state index in [1.165, 1.54) is 0 Å². The van der Waals surface area contributed by atoms with Gasteiger partial charge in [-0.3, -0.25) is 0 Å². The van der Waals surface area contributed by atoms with Crippen molar-refractivity contribution < 1.29 is 17.9 Å². The van der Waals surface area contributed by atoms with E-state index in [1.54, 1.807) is 27.7 Å². The second-order valence-corrected chi connectivity index (χ2v) is 9.00. The van der Waals surface area contributed by atoms with Gasteiger partial charge in [-0.15, -0.1) is 0 Å². The molecule has 1 aliphatic rings. The minimum absolute atomic E-state index is 0.116. The summed E-state index contributed by atoms with van der Waals surface area (Å²) in [7, 11) is -3.10. The number of nitrogens with one attached hydrogen (secondary N) is 1. The van der Waals surface area contributed by atoms with E-state index in [1.807, 2.05) is 0 Å². The summed E-state index contributed by atoms with van der Waals surface area (Å²) in [4.78, 5) is 11.9. The predicted molar refractivity (Wildman–Crippen MR) is 78.3 cm³/mol. The van der Waals surface area contributed by atoms with Crippen LogP contribution in [-0.4, -0.2) is 43.2 Å². The number of sulfone groups is 1. The van der Waals surface area contributed by atoms with Crippen molar-refractivity contribution in [3.05, 3.63) is 0 Å². The van der Waals surface area contributed by atoms with Crippen molar-refractivity contribution in [2.45, 2.75) is 63.3 Å². The van der Waals surface area contributed by atoms with Crippen molar-refractivity contribution in [2.24, 2.45) is 5.73 Å². The Kier molecular flexibility index (Phi) is 5.08. The van der Waals surface area contributed by atoms with Crippen LogP contribution in [0.1, 0.15) is 47.0 Å². The standard InChI is InChI=1S/C13H26N2O4S/c1-5-20(17,18)10-6-7-13(8-10,9-14)15-11(16)19-12(2,3)4/h10H,5-9,14H2,1-4H3,(H,15,16)/t10-,13+/m1/s1. The Morgan fingerprint density at radius 2 is 2.05 bits per heavy atom. The first-order chi connectivity index (χ1) is 9.03. The maximum absolute atomic E-state index is 11.9. The average molecular weight is 306 g/mol. The number of carbonyl (C=O) groups is 1. The Morgan fingerprint density at radius 1 is 1.45 bits per heavy atom. The van der Waals surface area contributed by atoms with Crippen molar-refractivity contribution >= 4 is 15.9 Å². The molecule has 1 fully saturated rings. The van der Waals surface area contributed by atoms with E-state index in [9.17, 15) is 13.2 Å². The van der Waals surface area contributed by atoms with Crippen LogP contribution in [0.2, 0.25) is 0 Å². The van der Waals surface area contributed by atoms with Crippen LogP contribution in [0.25, 0.3) is 0 Å². The smallest absolute Gasteiger partial charge is 0.408 e. The Balaban J connectivity index is 2.74. The van der Waals surface area contributed by atoms with Gasteiger partial charge in [-0.25, -0.2) is 13.2 Å². The van der Waals surface area contributed by atoms with Gasteiger partial charge in [0.25, 0.3) is 0 Å². The van der Waals surface area contributed by atoms with E-state index in [-0.39, 0.29) is 12.3 Å². The minimum Gasteiger partial charge on any atom is -0.444 e. The van der Waals surface area contributed by atoms with Crippen molar-refractivity contribution in [3.63, 3.8) is 0 Å². The largest absolute Gasteiger partial charge is 0.444 e. The van der Waals surface area contributed by atoms with Gasteiger partial charge in [0.15, 0.2) is 9.84 Å². The number of hydrogen-bond acceptors (Lipinski definition) is 5. The molecule has 2 atom stereocenters. The molecule has 0 aromatic heterocycles. The molecule has 118 valence electrons. The van der Waals surface area contributed by atoms with Crippen LogP contribution in [-0.2, 0) is 14.6 Å². The second-order valence-electron chi connectivity index (χ2n) is 6.43. The molecular formula is C13H26N2O4S. The van der Waals surface area contributed by atoms with E-state index < -0.39 is 32.3 Å². The Bertz CT molecular complexity index is 455. The number of hydrogen-bond donors (Lipinski definition) is 2. The van der Waals surface area contributed by atoms with Crippen LogP contribution >= 0.6 is 0 Å². The van der Waals surface area contributed by atoms with Gasteiger partial charge < -0.3 is 15.8 Å². The van der Waals surface area contributed by atoms with Crippen LogP contribution in [0, 0.1) is 0 Å². The summed E-state index contributed by atoms with van der Waals surface area (Å²) in [5, 5.41) is 2.35. The van der Waals surface area contributed by atoms with E-state index >= 15 is 0 Å². The molecule has 0 aliphatic heterocycles. The number of alkyl carbamates (subject to hydrolysis) is 1. The number of rotatable bonds is 4. The second kappa shape index (κ2) is 5.89. The van der Waals surface area contributed by atoms with Crippen molar-refractivity contribution in [2.75, 3.05) is 12.3 Å². The molecule has 0 heterocycles. The van der Waals surface area contributed by atoms with Crippen LogP contribution in [0.15, 0.2) is 0 Å². The molecule has 0 radical (unpaired) electrons. The van der Waals surface area contributed by atoms with Crippen molar-refractivity contribution in [3.8, 4) is 0 Å². The lowest BCUT2D eigenvalue weighted by Crippen LogP contribution is -2.53. The van der Waals surface area contributed by atoms with Gasteiger partial charge in [-0.1, -0.05) is 6.92 Å². The zero-order chi connectivity index (χ0) is 15.6. The zero-order valence-electron chi connectivity index (χ0n) is 12.7. The monoisotopic (exact) mass is 306 g/mol. The van der Waals surface area contributed by atoms with Gasteiger partial charge in [0, 0.05) is 12.3 Å². The number of amides is 1. The first kappa shape index (κ1) is 17.2. The van der Waals surface area contributed by atoms with Gasteiger partial charge in [0.2, 0.25) is 0 Å². The summed E-state index contributed by atoms with van der Waals surface area (Å²) in [6.45, 7) is 7.18. The molecule has 7 heteroatoms. The maximum atomic E-state index is 11.9. The highest BCUT2D eigenvalue weighted by Gasteiger charge is 2.44. The molecule has 20 heavy (non-hydrogen) atoms. The quantitative estimate of drug-likeness (QED) is 0.813. The van der Waals surface area contributed by atoms with E-state index in [4.69, 9.17) is 10.5 Å². The summed E-state index contributed by atoms with van der Waals surface area (Å²) in [6.07, 6.45) is 0.909. The third kappa shape index (κ3) is 4.34. The number of carbonyl (C=O) groups excluding carboxylic acids is 1. The average Bonchev–Trinajstić information content (AvgIpc) is 2.72. The highest BCUT2D eigenvalue weighted by atomic mass is 32.2. The van der Waals surface area contributed by atoms with Crippen LogP contribution in [0.5, 0.6) is 0 Å². The minimum atomic E-state index is -3.10. The summed E-state index contributed by atoms with van der Waals surface area (Å²) < 4.78 is 29.1. The summed E-state index contributed by atoms with van der Waals surface area (Å²) in [5.41, 5.74) is 4.50. The summed E-state index contributed by atoms with van der Waals surface area (Å²) in [6, 6.07) is 0. The molecule has 0 aromatic carbocycles. The fourth-order valence-electron chi connectivity index (χ4n) is 2.49. The van der Waals surface area contributed by atoms with Crippen LogP contribution in [0.3, 0.4) is 0 Å². The SMILES string of the molecule is CCS(=O)(=O)[C@@H]1CC[C@](CN)(NC(=O)OC(C)(C)C)C1. The first-order valence-electron chi connectivity index (χ1n) is 6.96. The third-order valence-electron chi connectivity index (χ3n) is 3.63. The van der Waals surface area contributed by atoms with Gasteiger partial charge >= 0.3 is 6.09 Å². The molecule has 1 saturated carbocycles. The number of ether oxygens (including phenoxy) is 1. The normalized spacial score (nSPS) is 27.4. The molecule has 1 amide bonds. The van der Waals surface area contributed by atoms with Gasteiger partial charge in [0.1, 0.15) is 5.60 Å². The van der Waals surface area contributed by atoms with E-state index in [0.29, 0.717) is 19.3 Å². The Morgan fingerprint density at radius 3 is 2.50 bits per heavy atom. The van der Waals surface area contributed by atoms with E-state index in [0.717, 1.165) is 0 Å². The fourth-order valence-corrected chi connectivity index (χ4v) is 4.01. The van der Waals surface area contributed by atoms with Gasteiger partial charge in [0.05, 0.1) is 10.8 Å².